The maximum Gasteiger partial charge on any atom is 0.138 e. The van der Waals surface area contributed by atoms with E-state index < -0.39 is 0 Å². The maximum atomic E-state index is 6.09. The van der Waals surface area contributed by atoms with Crippen LogP contribution < -0.4 is 10.1 Å². The van der Waals surface area contributed by atoms with E-state index in [9.17, 15) is 0 Å². The molecule has 1 aliphatic heterocycles. The van der Waals surface area contributed by atoms with Crippen LogP contribution in [0, 0.1) is 0 Å². The molecule has 0 bridgehead atoms. The van der Waals surface area contributed by atoms with Gasteiger partial charge in [0.15, 0.2) is 0 Å². The Morgan fingerprint density at radius 1 is 1.29 bits per heavy atom. The van der Waals surface area contributed by atoms with E-state index in [4.69, 9.17) is 27.9 Å². The van der Waals surface area contributed by atoms with Crippen LogP contribution in [0.5, 0.6) is 5.75 Å². The van der Waals surface area contributed by atoms with Crippen molar-refractivity contribution in [3.63, 3.8) is 0 Å². The average Bonchev–Trinajstić information content (AvgIpc) is 2.42. The van der Waals surface area contributed by atoms with E-state index in [-0.39, 0.29) is 0 Å². The van der Waals surface area contributed by atoms with Crippen LogP contribution in [0.1, 0.15) is 26.7 Å². The fraction of sp³-hybridized carbons (Fsp3) is 0.625. The van der Waals surface area contributed by atoms with E-state index in [2.05, 4.69) is 24.1 Å². The van der Waals surface area contributed by atoms with Crippen LogP contribution >= 0.6 is 23.2 Å². The first-order chi connectivity index (χ1) is 10.0. The highest BCUT2D eigenvalue weighted by atomic mass is 35.5. The summed E-state index contributed by atoms with van der Waals surface area (Å²) in [5, 5.41) is 4.81. The van der Waals surface area contributed by atoms with Gasteiger partial charge in [0.05, 0.1) is 5.02 Å². The van der Waals surface area contributed by atoms with Crippen LogP contribution in [0.15, 0.2) is 18.2 Å². The van der Waals surface area contributed by atoms with Gasteiger partial charge in [-0.15, -0.1) is 0 Å². The van der Waals surface area contributed by atoms with Crippen LogP contribution in [0.2, 0.25) is 10.0 Å². The Hall–Kier alpha value is -0.480. The van der Waals surface area contributed by atoms with E-state index in [1.807, 2.05) is 6.07 Å². The van der Waals surface area contributed by atoms with Crippen LogP contribution in [0.4, 0.5) is 0 Å². The molecule has 0 amide bonds. The average molecular weight is 331 g/mol. The fourth-order valence-corrected chi connectivity index (χ4v) is 3.13. The number of rotatable bonds is 6. The van der Waals surface area contributed by atoms with Gasteiger partial charge in [0.2, 0.25) is 0 Å². The second-order valence-electron chi connectivity index (χ2n) is 5.86. The standard InChI is InChI=1S/C16H24Cl2N2O/c1-12(2)19-14-5-7-20(8-6-14)9-10-21-16-4-3-13(17)11-15(16)18/h3-4,11-12,14,19H,5-10H2,1-2H3. The Bertz CT molecular complexity index is 446. The number of likely N-dealkylation sites (tertiary alicyclic amines) is 1. The molecule has 1 aromatic carbocycles. The Morgan fingerprint density at radius 2 is 2.00 bits per heavy atom. The maximum absolute atomic E-state index is 6.09. The first-order valence-electron chi connectivity index (χ1n) is 7.61. The quantitative estimate of drug-likeness (QED) is 0.857. The highest BCUT2D eigenvalue weighted by Gasteiger charge is 2.19. The molecule has 0 aromatic heterocycles. The molecule has 0 saturated carbocycles. The van der Waals surface area contributed by atoms with Crippen molar-refractivity contribution in [1.29, 1.82) is 0 Å². The summed E-state index contributed by atoms with van der Waals surface area (Å²) >= 11 is 12.0. The number of nitrogens with one attached hydrogen (secondary N) is 1. The molecule has 0 spiro atoms. The minimum absolute atomic E-state index is 0.567. The summed E-state index contributed by atoms with van der Waals surface area (Å²) in [7, 11) is 0. The minimum Gasteiger partial charge on any atom is -0.491 e. The zero-order valence-electron chi connectivity index (χ0n) is 12.7. The van der Waals surface area contributed by atoms with Crippen molar-refractivity contribution in [3.8, 4) is 5.75 Å². The molecule has 0 aliphatic carbocycles. The van der Waals surface area contributed by atoms with Gasteiger partial charge in [-0.3, -0.25) is 4.90 Å². The van der Waals surface area contributed by atoms with Crippen molar-refractivity contribution < 1.29 is 4.74 Å². The van der Waals surface area contributed by atoms with Gasteiger partial charge in [0, 0.05) is 23.7 Å². The smallest absolute Gasteiger partial charge is 0.138 e. The predicted octanol–water partition coefficient (Wildman–Crippen LogP) is 3.83. The van der Waals surface area contributed by atoms with Gasteiger partial charge < -0.3 is 10.1 Å². The largest absolute Gasteiger partial charge is 0.491 e. The van der Waals surface area contributed by atoms with Crippen molar-refractivity contribution in [2.24, 2.45) is 0 Å². The van der Waals surface area contributed by atoms with Crippen molar-refractivity contribution >= 4 is 23.2 Å². The van der Waals surface area contributed by atoms with Crippen LogP contribution in [-0.4, -0.2) is 43.2 Å². The van der Waals surface area contributed by atoms with Crippen molar-refractivity contribution in [2.75, 3.05) is 26.2 Å². The Kier molecular flexibility index (Phi) is 6.62. The summed E-state index contributed by atoms with van der Waals surface area (Å²) in [5.41, 5.74) is 0. The van der Waals surface area contributed by atoms with Gasteiger partial charge in [-0.05, 0) is 44.1 Å². The highest BCUT2D eigenvalue weighted by Crippen LogP contribution is 2.27. The summed E-state index contributed by atoms with van der Waals surface area (Å²) in [5.74, 6) is 0.706. The van der Waals surface area contributed by atoms with Gasteiger partial charge >= 0.3 is 0 Å². The summed E-state index contributed by atoms with van der Waals surface area (Å²) in [6.45, 7) is 8.26. The molecule has 1 aliphatic rings. The molecule has 1 heterocycles. The van der Waals surface area contributed by atoms with Gasteiger partial charge in [-0.25, -0.2) is 0 Å². The third kappa shape index (κ3) is 5.67. The van der Waals surface area contributed by atoms with Gasteiger partial charge in [-0.2, -0.15) is 0 Å². The lowest BCUT2D eigenvalue weighted by Crippen LogP contribution is -2.45. The molecular weight excluding hydrogens is 307 g/mol. The number of benzene rings is 1. The van der Waals surface area contributed by atoms with Crippen LogP contribution in [0.3, 0.4) is 0 Å². The number of halogens is 2. The zero-order chi connectivity index (χ0) is 15.2. The molecule has 1 fully saturated rings. The van der Waals surface area contributed by atoms with Crippen molar-refractivity contribution in [3.05, 3.63) is 28.2 Å². The van der Waals surface area contributed by atoms with E-state index in [0.29, 0.717) is 34.5 Å². The molecule has 3 nitrogen and oxygen atoms in total. The lowest BCUT2D eigenvalue weighted by molar-refractivity contribution is 0.162. The van der Waals surface area contributed by atoms with E-state index in [1.165, 1.54) is 12.8 Å². The lowest BCUT2D eigenvalue weighted by Gasteiger charge is -2.33. The predicted molar refractivity (Wildman–Crippen MR) is 89.7 cm³/mol. The second kappa shape index (κ2) is 8.23. The van der Waals surface area contributed by atoms with Crippen LogP contribution in [-0.2, 0) is 0 Å². The van der Waals surface area contributed by atoms with E-state index in [1.54, 1.807) is 12.1 Å². The summed E-state index contributed by atoms with van der Waals surface area (Å²) in [4.78, 5) is 2.45. The molecule has 1 saturated heterocycles. The molecule has 1 N–H and O–H groups in total. The molecular formula is C16H24Cl2N2O. The van der Waals surface area contributed by atoms with Crippen molar-refractivity contribution in [1.82, 2.24) is 10.2 Å². The van der Waals surface area contributed by atoms with E-state index in [0.717, 1.165) is 19.6 Å². The Labute approximate surface area is 137 Å². The van der Waals surface area contributed by atoms with Gasteiger partial charge in [0.1, 0.15) is 12.4 Å². The van der Waals surface area contributed by atoms with Gasteiger partial charge in [-0.1, -0.05) is 37.0 Å². The molecule has 2 rings (SSSR count). The summed E-state index contributed by atoms with van der Waals surface area (Å²) in [6.07, 6.45) is 2.42. The molecule has 118 valence electrons. The lowest BCUT2D eigenvalue weighted by atomic mass is 10.0. The first-order valence-corrected chi connectivity index (χ1v) is 8.36. The fourth-order valence-electron chi connectivity index (χ4n) is 2.67. The second-order valence-corrected chi connectivity index (χ2v) is 6.70. The van der Waals surface area contributed by atoms with Gasteiger partial charge in [0.25, 0.3) is 0 Å². The SMILES string of the molecule is CC(C)NC1CCN(CCOc2ccc(Cl)cc2Cl)CC1. The summed E-state index contributed by atoms with van der Waals surface area (Å²) < 4.78 is 5.74. The monoisotopic (exact) mass is 330 g/mol. The number of piperidine rings is 1. The highest BCUT2D eigenvalue weighted by molar-refractivity contribution is 6.35. The molecule has 0 unspecified atom stereocenters. The first kappa shape index (κ1) is 16.9. The summed E-state index contributed by atoms with van der Waals surface area (Å²) in [6, 6.07) is 6.56. The molecule has 0 radical (unpaired) electrons. The van der Waals surface area contributed by atoms with Crippen LogP contribution in [0.25, 0.3) is 0 Å². The number of nitrogens with zero attached hydrogens (tertiary/aromatic N) is 1. The molecule has 5 heteroatoms. The normalized spacial score (nSPS) is 17.4. The molecule has 21 heavy (non-hydrogen) atoms. The molecule has 1 aromatic rings. The number of hydrogen-bond donors (Lipinski definition) is 1. The Balaban J connectivity index is 1.68. The Morgan fingerprint density at radius 3 is 2.62 bits per heavy atom. The third-order valence-electron chi connectivity index (χ3n) is 3.72. The minimum atomic E-state index is 0.567. The van der Waals surface area contributed by atoms with Crippen molar-refractivity contribution in [2.45, 2.75) is 38.8 Å². The zero-order valence-corrected chi connectivity index (χ0v) is 14.3. The third-order valence-corrected chi connectivity index (χ3v) is 4.25. The number of ether oxygens (including phenoxy) is 1. The van der Waals surface area contributed by atoms with E-state index >= 15 is 0 Å². The topological polar surface area (TPSA) is 24.5 Å². The number of hydrogen-bond acceptors (Lipinski definition) is 3. The molecule has 0 atom stereocenters.